The van der Waals surface area contributed by atoms with Crippen molar-refractivity contribution in [1.82, 2.24) is 10.3 Å². The van der Waals surface area contributed by atoms with Crippen LogP contribution in [0.2, 0.25) is 0 Å². The van der Waals surface area contributed by atoms with Crippen LogP contribution in [-0.2, 0) is 14.3 Å². The van der Waals surface area contributed by atoms with E-state index in [1.807, 2.05) is 0 Å². The minimum Gasteiger partial charge on any atom is -0.475 e. The minimum absolute atomic E-state index is 0.0924. The second kappa shape index (κ2) is 6.85. The summed E-state index contributed by atoms with van der Waals surface area (Å²) in [6.45, 7) is 0.908. The molecule has 1 aliphatic rings. The molecule has 0 bridgehead atoms. The van der Waals surface area contributed by atoms with Gasteiger partial charge in [0.15, 0.2) is 0 Å². The summed E-state index contributed by atoms with van der Waals surface area (Å²) in [5, 5.41) is 5.31. The lowest BCUT2D eigenvalue weighted by molar-refractivity contribution is -0.122. The van der Waals surface area contributed by atoms with Crippen LogP contribution < -0.4 is 15.4 Å². The van der Waals surface area contributed by atoms with Crippen LogP contribution in [0.15, 0.2) is 18.3 Å². The van der Waals surface area contributed by atoms with Gasteiger partial charge in [0.05, 0.1) is 18.5 Å². The van der Waals surface area contributed by atoms with E-state index in [2.05, 4.69) is 15.6 Å². The van der Waals surface area contributed by atoms with Gasteiger partial charge in [-0.25, -0.2) is 4.98 Å². The van der Waals surface area contributed by atoms with Gasteiger partial charge in [0.2, 0.25) is 17.7 Å². The van der Waals surface area contributed by atoms with Crippen LogP contribution in [0.25, 0.3) is 0 Å². The molecule has 2 amide bonds. The maximum absolute atomic E-state index is 11.9. The van der Waals surface area contributed by atoms with Crippen molar-refractivity contribution < 1.29 is 19.1 Å². The summed E-state index contributed by atoms with van der Waals surface area (Å²) in [4.78, 5) is 27.0. The summed E-state index contributed by atoms with van der Waals surface area (Å²) in [5.74, 6) is 0.144. The number of ether oxygens (including phenoxy) is 2. The van der Waals surface area contributed by atoms with E-state index in [9.17, 15) is 9.59 Å². The highest BCUT2D eigenvalue weighted by Crippen LogP contribution is 2.14. The predicted octanol–water partition coefficient (Wildman–Crippen LogP) is 0.324. The minimum atomic E-state index is -0.458. The molecule has 2 N–H and O–H groups in total. The molecule has 20 heavy (non-hydrogen) atoms. The normalized spacial score (nSPS) is 17.6. The molecule has 108 valence electrons. The van der Waals surface area contributed by atoms with Gasteiger partial charge in [0.25, 0.3) is 0 Å². The molecular formula is C13H17N3O4. The molecule has 0 aromatic carbocycles. The van der Waals surface area contributed by atoms with Crippen LogP contribution in [-0.4, -0.2) is 43.2 Å². The topological polar surface area (TPSA) is 89.5 Å². The van der Waals surface area contributed by atoms with E-state index in [0.29, 0.717) is 37.6 Å². The molecule has 1 fully saturated rings. The summed E-state index contributed by atoms with van der Waals surface area (Å²) < 4.78 is 10.2. The van der Waals surface area contributed by atoms with E-state index in [0.717, 1.165) is 0 Å². The standard InChI is InChI=1S/C13H17N3O4/c1-19-6-7-20-12-5-2-9(8-14-12)15-13(18)10-3-4-11(17)16-10/h2,5,8,10H,3-4,6-7H2,1H3,(H,15,18)(H,16,17). The lowest BCUT2D eigenvalue weighted by atomic mass is 10.2. The van der Waals surface area contributed by atoms with Crippen molar-refractivity contribution in [2.24, 2.45) is 0 Å². The Kier molecular flexibility index (Phi) is 4.89. The van der Waals surface area contributed by atoms with Gasteiger partial charge in [-0.3, -0.25) is 9.59 Å². The van der Waals surface area contributed by atoms with Crippen LogP contribution in [0.4, 0.5) is 5.69 Å². The van der Waals surface area contributed by atoms with Crippen molar-refractivity contribution in [2.45, 2.75) is 18.9 Å². The number of hydrogen-bond acceptors (Lipinski definition) is 5. The highest BCUT2D eigenvalue weighted by atomic mass is 16.5. The number of nitrogens with zero attached hydrogens (tertiary/aromatic N) is 1. The molecule has 1 unspecified atom stereocenters. The number of aromatic nitrogens is 1. The molecule has 1 aromatic rings. The van der Waals surface area contributed by atoms with E-state index >= 15 is 0 Å². The zero-order chi connectivity index (χ0) is 14.4. The van der Waals surface area contributed by atoms with E-state index in [-0.39, 0.29) is 11.8 Å². The molecule has 0 saturated carbocycles. The Morgan fingerprint density at radius 2 is 2.35 bits per heavy atom. The van der Waals surface area contributed by atoms with Crippen LogP contribution in [0.3, 0.4) is 0 Å². The van der Waals surface area contributed by atoms with Gasteiger partial charge >= 0.3 is 0 Å². The van der Waals surface area contributed by atoms with Gasteiger partial charge in [-0.2, -0.15) is 0 Å². The molecule has 1 aromatic heterocycles. The van der Waals surface area contributed by atoms with Crippen molar-refractivity contribution in [1.29, 1.82) is 0 Å². The highest BCUT2D eigenvalue weighted by Gasteiger charge is 2.27. The second-order valence-corrected chi connectivity index (χ2v) is 4.37. The average molecular weight is 279 g/mol. The number of amides is 2. The van der Waals surface area contributed by atoms with E-state index in [4.69, 9.17) is 9.47 Å². The first-order chi connectivity index (χ1) is 9.69. The molecule has 1 saturated heterocycles. The van der Waals surface area contributed by atoms with Gasteiger partial charge in [-0.05, 0) is 12.5 Å². The quantitative estimate of drug-likeness (QED) is 0.732. The van der Waals surface area contributed by atoms with Crippen LogP contribution in [0, 0.1) is 0 Å². The number of pyridine rings is 1. The van der Waals surface area contributed by atoms with Crippen LogP contribution in [0.5, 0.6) is 5.88 Å². The molecule has 1 atom stereocenters. The molecule has 0 aliphatic carbocycles. The van der Waals surface area contributed by atoms with Crippen LogP contribution in [0.1, 0.15) is 12.8 Å². The molecule has 7 heteroatoms. The molecule has 0 spiro atoms. The first-order valence-electron chi connectivity index (χ1n) is 6.37. The fourth-order valence-corrected chi connectivity index (χ4v) is 1.81. The Bertz CT molecular complexity index is 475. The zero-order valence-corrected chi connectivity index (χ0v) is 11.2. The molecule has 2 rings (SSSR count). The Balaban J connectivity index is 1.84. The average Bonchev–Trinajstić information content (AvgIpc) is 2.88. The lowest BCUT2D eigenvalue weighted by Crippen LogP contribution is -2.37. The fourth-order valence-electron chi connectivity index (χ4n) is 1.81. The number of methoxy groups -OCH3 is 1. The van der Waals surface area contributed by atoms with Crippen LogP contribution >= 0.6 is 0 Å². The number of carbonyl (C=O) groups is 2. The van der Waals surface area contributed by atoms with E-state index in [1.165, 1.54) is 6.20 Å². The van der Waals surface area contributed by atoms with Gasteiger partial charge in [0.1, 0.15) is 12.6 Å². The summed E-state index contributed by atoms with van der Waals surface area (Å²) in [5.41, 5.74) is 0.565. The van der Waals surface area contributed by atoms with Crippen molar-refractivity contribution in [2.75, 3.05) is 25.6 Å². The summed E-state index contributed by atoms with van der Waals surface area (Å²) in [6.07, 6.45) is 2.43. The Hall–Kier alpha value is -2.15. The largest absolute Gasteiger partial charge is 0.475 e. The summed E-state index contributed by atoms with van der Waals surface area (Å²) in [7, 11) is 1.59. The summed E-state index contributed by atoms with van der Waals surface area (Å²) >= 11 is 0. The third kappa shape index (κ3) is 3.92. The first-order valence-corrected chi connectivity index (χ1v) is 6.37. The van der Waals surface area contributed by atoms with Crippen molar-refractivity contribution in [3.05, 3.63) is 18.3 Å². The monoisotopic (exact) mass is 279 g/mol. The Labute approximate surface area is 116 Å². The van der Waals surface area contributed by atoms with E-state index < -0.39 is 6.04 Å². The number of hydrogen-bond donors (Lipinski definition) is 2. The van der Waals surface area contributed by atoms with Gasteiger partial charge < -0.3 is 20.1 Å². The molecule has 1 aliphatic heterocycles. The lowest BCUT2D eigenvalue weighted by Gasteiger charge is -2.11. The second-order valence-electron chi connectivity index (χ2n) is 4.37. The molecule has 0 radical (unpaired) electrons. The van der Waals surface area contributed by atoms with Gasteiger partial charge in [0, 0.05) is 19.6 Å². The SMILES string of the molecule is COCCOc1ccc(NC(=O)C2CCC(=O)N2)cn1. The van der Waals surface area contributed by atoms with Gasteiger partial charge in [-0.15, -0.1) is 0 Å². The Morgan fingerprint density at radius 1 is 1.50 bits per heavy atom. The number of rotatable bonds is 6. The summed E-state index contributed by atoms with van der Waals surface area (Å²) in [6, 6.07) is 2.91. The van der Waals surface area contributed by atoms with Crippen molar-refractivity contribution in [3.63, 3.8) is 0 Å². The number of nitrogens with one attached hydrogen (secondary N) is 2. The smallest absolute Gasteiger partial charge is 0.247 e. The maximum Gasteiger partial charge on any atom is 0.247 e. The molecule has 2 heterocycles. The third-order valence-electron chi connectivity index (χ3n) is 2.85. The molecule has 7 nitrogen and oxygen atoms in total. The third-order valence-corrected chi connectivity index (χ3v) is 2.85. The highest BCUT2D eigenvalue weighted by molar-refractivity contribution is 5.98. The fraction of sp³-hybridized carbons (Fsp3) is 0.462. The number of anilines is 1. The zero-order valence-electron chi connectivity index (χ0n) is 11.2. The maximum atomic E-state index is 11.9. The molecular weight excluding hydrogens is 262 g/mol. The first kappa shape index (κ1) is 14.3. The van der Waals surface area contributed by atoms with Crippen molar-refractivity contribution >= 4 is 17.5 Å². The Morgan fingerprint density at radius 3 is 2.95 bits per heavy atom. The number of carbonyl (C=O) groups excluding carboxylic acids is 2. The van der Waals surface area contributed by atoms with E-state index in [1.54, 1.807) is 19.2 Å². The predicted molar refractivity (Wildman–Crippen MR) is 71.4 cm³/mol. The van der Waals surface area contributed by atoms with Gasteiger partial charge in [-0.1, -0.05) is 0 Å². The van der Waals surface area contributed by atoms with Crippen molar-refractivity contribution in [3.8, 4) is 5.88 Å².